The number of nitrogens with one attached hydrogen (secondary N) is 1. The molecule has 0 unspecified atom stereocenters. The third-order valence-electron chi connectivity index (χ3n) is 3.90. The summed E-state index contributed by atoms with van der Waals surface area (Å²) in [5.41, 5.74) is 0. The van der Waals surface area contributed by atoms with E-state index in [0.717, 1.165) is 36.4 Å². The minimum atomic E-state index is 0. The Kier molecular flexibility index (Phi) is 5.01. The van der Waals surface area contributed by atoms with E-state index in [0.29, 0.717) is 0 Å². The molecule has 5 heteroatoms. The van der Waals surface area contributed by atoms with Gasteiger partial charge in [-0.05, 0) is 57.0 Å². The van der Waals surface area contributed by atoms with Crippen molar-refractivity contribution in [3.8, 4) is 0 Å². The van der Waals surface area contributed by atoms with Crippen molar-refractivity contribution >= 4 is 12.4 Å². The van der Waals surface area contributed by atoms with Gasteiger partial charge in [0.2, 0.25) is 5.89 Å². The number of hydrogen-bond donors (Lipinski definition) is 1. The van der Waals surface area contributed by atoms with Gasteiger partial charge >= 0.3 is 0 Å². The van der Waals surface area contributed by atoms with Crippen LogP contribution in [0.1, 0.15) is 43.8 Å². The summed E-state index contributed by atoms with van der Waals surface area (Å²) in [6.07, 6.45) is 8.47. The molecular weight excluding hydrogens is 250 g/mol. The van der Waals surface area contributed by atoms with E-state index in [1.807, 2.05) is 0 Å². The average molecular weight is 272 g/mol. The van der Waals surface area contributed by atoms with Crippen LogP contribution in [-0.4, -0.2) is 23.2 Å². The number of hydrogen-bond acceptors (Lipinski definition) is 4. The minimum absolute atomic E-state index is 0. The second kappa shape index (κ2) is 6.53. The van der Waals surface area contributed by atoms with Crippen molar-refractivity contribution in [3.05, 3.63) is 11.7 Å². The molecule has 1 saturated carbocycles. The van der Waals surface area contributed by atoms with E-state index < -0.39 is 0 Å². The van der Waals surface area contributed by atoms with Gasteiger partial charge < -0.3 is 9.84 Å². The Morgan fingerprint density at radius 1 is 1.11 bits per heavy atom. The van der Waals surface area contributed by atoms with Crippen LogP contribution in [0.5, 0.6) is 0 Å². The molecule has 3 rings (SSSR count). The summed E-state index contributed by atoms with van der Waals surface area (Å²) in [6.45, 7) is 2.34. The molecule has 1 aliphatic heterocycles. The van der Waals surface area contributed by atoms with Crippen LogP contribution in [-0.2, 0) is 12.8 Å². The first kappa shape index (κ1) is 13.8. The smallest absolute Gasteiger partial charge is 0.226 e. The zero-order chi connectivity index (χ0) is 11.5. The van der Waals surface area contributed by atoms with E-state index in [9.17, 15) is 0 Å². The van der Waals surface area contributed by atoms with E-state index in [1.54, 1.807) is 0 Å². The van der Waals surface area contributed by atoms with Crippen LogP contribution >= 0.6 is 12.4 Å². The molecule has 18 heavy (non-hydrogen) atoms. The van der Waals surface area contributed by atoms with Gasteiger partial charge in [0.05, 0.1) is 0 Å². The van der Waals surface area contributed by atoms with Crippen molar-refractivity contribution < 1.29 is 4.52 Å². The lowest BCUT2D eigenvalue weighted by molar-refractivity contribution is 0.323. The number of aryl methyl sites for hydroxylation is 1. The summed E-state index contributed by atoms with van der Waals surface area (Å²) < 4.78 is 5.31. The van der Waals surface area contributed by atoms with E-state index in [4.69, 9.17) is 4.52 Å². The van der Waals surface area contributed by atoms with Gasteiger partial charge in [-0.25, -0.2) is 0 Å². The van der Waals surface area contributed by atoms with Crippen LogP contribution in [0, 0.1) is 11.8 Å². The van der Waals surface area contributed by atoms with Gasteiger partial charge in [-0.15, -0.1) is 12.4 Å². The Bertz CT molecular complexity index is 359. The molecule has 1 aliphatic carbocycles. The summed E-state index contributed by atoms with van der Waals surface area (Å²) in [5, 5.41) is 7.46. The van der Waals surface area contributed by atoms with Gasteiger partial charge in [-0.1, -0.05) is 5.16 Å². The van der Waals surface area contributed by atoms with Gasteiger partial charge in [-0.2, -0.15) is 4.98 Å². The van der Waals surface area contributed by atoms with Crippen molar-refractivity contribution in [1.29, 1.82) is 0 Å². The minimum Gasteiger partial charge on any atom is -0.339 e. The fourth-order valence-corrected chi connectivity index (χ4v) is 2.55. The second-order valence-corrected chi connectivity index (χ2v) is 5.48. The maximum atomic E-state index is 5.31. The van der Waals surface area contributed by atoms with E-state index >= 15 is 0 Å². The summed E-state index contributed by atoms with van der Waals surface area (Å²) in [4.78, 5) is 4.48. The molecule has 2 heterocycles. The van der Waals surface area contributed by atoms with Crippen LogP contribution in [0.4, 0.5) is 0 Å². The number of nitrogens with zero attached hydrogens (tertiary/aromatic N) is 2. The molecular formula is C13H22ClN3O. The summed E-state index contributed by atoms with van der Waals surface area (Å²) in [7, 11) is 0. The van der Waals surface area contributed by atoms with Crippen LogP contribution in [0.2, 0.25) is 0 Å². The standard InChI is InChI=1S/C13H21N3O.ClH/c1-2-11(1)9-12-15-13(17-16-12)4-3-10-5-7-14-8-6-10;/h10-11,14H,1-9H2;1H. The van der Waals surface area contributed by atoms with Crippen molar-refractivity contribution in [2.24, 2.45) is 11.8 Å². The molecule has 0 radical (unpaired) electrons. The number of halogens is 1. The molecule has 0 amide bonds. The molecule has 0 atom stereocenters. The third kappa shape index (κ3) is 3.95. The first-order chi connectivity index (χ1) is 8.40. The quantitative estimate of drug-likeness (QED) is 0.893. The van der Waals surface area contributed by atoms with E-state index in [-0.39, 0.29) is 12.4 Å². The highest BCUT2D eigenvalue weighted by Crippen LogP contribution is 2.31. The maximum Gasteiger partial charge on any atom is 0.226 e. The van der Waals surface area contributed by atoms with Crippen molar-refractivity contribution in [2.75, 3.05) is 13.1 Å². The Balaban J connectivity index is 0.00000120. The SMILES string of the molecule is C1CC(CCc2nc(CC3CC3)no2)CCN1.Cl. The second-order valence-electron chi connectivity index (χ2n) is 5.48. The first-order valence-corrected chi connectivity index (χ1v) is 6.92. The maximum absolute atomic E-state index is 5.31. The number of rotatable bonds is 5. The fraction of sp³-hybridized carbons (Fsp3) is 0.846. The molecule has 1 aromatic heterocycles. The van der Waals surface area contributed by atoms with E-state index in [1.165, 1.54) is 45.2 Å². The lowest BCUT2D eigenvalue weighted by Crippen LogP contribution is -2.27. The first-order valence-electron chi connectivity index (χ1n) is 6.92. The van der Waals surface area contributed by atoms with Gasteiger partial charge in [-0.3, -0.25) is 0 Å². The Morgan fingerprint density at radius 3 is 2.61 bits per heavy atom. The zero-order valence-corrected chi connectivity index (χ0v) is 11.5. The molecule has 0 bridgehead atoms. The van der Waals surface area contributed by atoms with Crippen LogP contribution in [0.25, 0.3) is 0 Å². The van der Waals surface area contributed by atoms with Gasteiger partial charge in [0, 0.05) is 12.8 Å². The normalized spacial score (nSPS) is 20.7. The summed E-state index contributed by atoms with van der Waals surface area (Å²) >= 11 is 0. The third-order valence-corrected chi connectivity index (χ3v) is 3.90. The molecule has 2 fully saturated rings. The monoisotopic (exact) mass is 271 g/mol. The van der Waals surface area contributed by atoms with Crippen molar-refractivity contribution in [2.45, 2.75) is 44.9 Å². The van der Waals surface area contributed by atoms with Crippen molar-refractivity contribution in [1.82, 2.24) is 15.5 Å². The highest BCUT2D eigenvalue weighted by atomic mass is 35.5. The predicted octanol–water partition coefficient (Wildman–Crippen LogP) is 2.38. The molecule has 4 nitrogen and oxygen atoms in total. The van der Waals surface area contributed by atoms with Gasteiger partial charge in [0.25, 0.3) is 0 Å². The predicted molar refractivity (Wildman–Crippen MR) is 71.9 cm³/mol. The van der Waals surface area contributed by atoms with E-state index in [2.05, 4.69) is 15.5 Å². The molecule has 102 valence electrons. The Morgan fingerprint density at radius 2 is 1.89 bits per heavy atom. The van der Waals surface area contributed by atoms with Gasteiger partial charge in [0.15, 0.2) is 5.82 Å². The topological polar surface area (TPSA) is 51.0 Å². The molecule has 1 aromatic rings. The molecule has 1 N–H and O–H groups in total. The lowest BCUT2D eigenvalue weighted by Gasteiger charge is -2.21. The highest BCUT2D eigenvalue weighted by Gasteiger charge is 2.24. The molecule has 2 aliphatic rings. The van der Waals surface area contributed by atoms with Crippen molar-refractivity contribution in [3.63, 3.8) is 0 Å². The number of aromatic nitrogens is 2. The average Bonchev–Trinajstić information content (AvgIpc) is 3.06. The lowest BCUT2D eigenvalue weighted by atomic mass is 9.93. The summed E-state index contributed by atoms with van der Waals surface area (Å²) in [6, 6.07) is 0. The fourth-order valence-electron chi connectivity index (χ4n) is 2.55. The van der Waals surface area contributed by atoms with Gasteiger partial charge in [0.1, 0.15) is 0 Å². The van der Waals surface area contributed by atoms with Crippen LogP contribution in [0.3, 0.4) is 0 Å². The Labute approximate surface area is 114 Å². The molecule has 1 saturated heterocycles. The molecule has 0 aromatic carbocycles. The summed E-state index contributed by atoms with van der Waals surface area (Å²) in [5.74, 6) is 3.45. The largest absolute Gasteiger partial charge is 0.339 e. The zero-order valence-electron chi connectivity index (χ0n) is 10.7. The molecule has 0 spiro atoms. The van der Waals surface area contributed by atoms with Crippen LogP contribution < -0.4 is 5.32 Å². The Hall–Kier alpha value is -0.610. The number of piperidine rings is 1. The highest BCUT2D eigenvalue weighted by molar-refractivity contribution is 5.85. The van der Waals surface area contributed by atoms with Crippen LogP contribution in [0.15, 0.2) is 4.52 Å².